The Kier molecular flexibility index (Phi) is 9.26. The van der Waals surface area contributed by atoms with Crippen LogP contribution >= 0.6 is 0 Å². The van der Waals surface area contributed by atoms with Gasteiger partial charge in [0.15, 0.2) is 0 Å². The molecule has 9 nitrogen and oxygen atoms in total. The van der Waals surface area contributed by atoms with Gasteiger partial charge in [0.2, 0.25) is 11.8 Å². The van der Waals surface area contributed by atoms with Crippen LogP contribution in [-0.2, 0) is 19.1 Å². The van der Waals surface area contributed by atoms with Gasteiger partial charge in [-0.25, -0.2) is 4.79 Å². The van der Waals surface area contributed by atoms with E-state index in [1.807, 2.05) is 13.8 Å². The third-order valence-corrected chi connectivity index (χ3v) is 5.43. The van der Waals surface area contributed by atoms with Crippen LogP contribution in [0.3, 0.4) is 0 Å². The van der Waals surface area contributed by atoms with Gasteiger partial charge in [-0.1, -0.05) is 13.8 Å². The molecule has 3 atom stereocenters. The van der Waals surface area contributed by atoms with Crippen LogP contribution in [0, 0.1) is 16.7 Å². The number of hydrogen-bond acceptors (Lipinski definition) is 6. The van der Waals surface area contributed by atoms with Crippen molar-refractivity contribution in [3.8, 4) is 6.07 Å². The number of alkyl halides is 3. The number of carboxylic acid groups (broad SMARTS) is 1. The summed E-state index contributed by atoms with van der Waals surface area (Å²) in [6.07, 6.45) is -1.80. The molecule has 2 fully saturated rings. The molecule has 2 rings (SSSR count). The number of nitriles is 1. The molecule has 0 spiro atoms. The Morgan fingerprint density at radius 2 is 1.71 bits per heavy atom. The Bertz CT molecular complexity index is 708. The number of halogens is 3. The van der Waals surface area contributed by atoms with Crippen LogP contribution in [0.5, 0.6) is 0 Å². The van der Waals surface area contributed by atoms with Crippen LogP contribution in [0.25, 0.3) is 0 Å². The summed E-state index contributed by atoms with van der Waals surface area (Å²) in [6, 6.07) is 0.955. The molecule has 0 bridgehead atoms. The minimum absolute atomic E-state index is 0.0362. The van der Waals surface area contributed by atoms with Gasteiger partial charge in [-0.05, 0) is 31.1 Å². The minimum Gasteiger partial charge on any atom is -0.475 e. The lowest BCUT2D eigenvalue weighted by Crippen LogP contribution is -2.54. The molecule has 31 heavy (non-hydrogen) atoms. The Balaban J connectivity index is 0.000000592. The van der Waals surface area contributed by atoms with E-state index in [9.17, 15) is 22.8 Å². The molecule has 0 aromatic rings. The van der Waals surface area contributed by atoms with E-state index in [-0.39, 0.29) is 24.5 Å². The number of likely N-dealkylation sites (tertiary alicyclic amines) is 2. The summed E-state index contributed by atoms with van der Waals surface area (Å²) in [4.78, 5) is 37.5. The molecule has 0 aliphatic carbocycles. The number of aliphatic carboxylic acids is 1. The molecule has 0 radical (unpaired) electrons. The van der Waals surface area contributed by atoms with Gasteiger partial charge in [0.05, 0.1) is 12.1 Å². The first-order valence-electron chi connectivity index (χ1n) is 9.84. The second-order valence-corrected chi connectivity index (χ2v) is 8.18. The van der Waals surface area contributed by atoms with Crippen molar-refractivity contribution in [2.24, 2.45) is 11.1 Å². The van der Waals surface area contributed by atoms with Crippen LogP contribution < -0.4 is 5.73 Å². The molecule has 0 saturated carbocycles. The molecule has 12 heteroatoms. The van der Waals surface area contributed by atoms with Crippen molar-refractivity contribution in [2.75, 3.05) is 20.2 Å². The van der Waals surface area contributed by atoms with Crippen molar-refractivity contribution in [3.63, 3.8) is 0 Å². The van der Waals surface area contributed by atoms with E-state index < -0.39 is 29.6 Å². The molecular formula is C19H29F3N4O5. The third kappa shape index (κ3) is 7.07. The number of carbonyl (C=O) groups is 3. The first-order chi connectivity index (χ1) is 14.3. The van der Waals surface area contributed by atoms with Crippen molar-refractivity contribution in [2.45, 2.75) is 70.4 Å². The van der Waals surface area contributed by atoms with E-state index in [4.69, 9.17) is 25.6 Å². The average molecular weight is 450 g/mol. The van der Waals surface area contributed by atoms with Crippen LogP contribution in [0.15, 0.2) is 0 Å². The van der Waals surface area contributed by atoms with Crippen molar-refractivity contribution in [3.05, 3.63) is 0 Å². The number of rotatable bonds is 5. The Labute approximate surface area is 178 Å². The molecule has 3 N–H and O–H groups in total. The fraction of sp³-hybridized carbons (Fsp3) is 0.789. The number of methoxy groups -OCH3 is 1. The molecule has 2 aliphatic rings. The average Bonchev–Trinajstić information content (AvgIpc) is 3.34. The SMILES string of the molecule is CO[C@@H]1CCCN1C(=O)CC(C)(C)[C@H](N)C(=O)N1CCC[C@H]1C#N.O=C(O)C(F)(F)F. The summed E-state index contributed by atoms with van der Waals surface area (Å²) < 4.78 is 37.1. The fourth-order valence-electron chi connectivity index (χ4n) is 3.55. The number of carbonyl (C=O) groups excluding carboxylic acids is 2. The summed E-state index contributed by atoms with van der Waals surface area (Å²) in [6.45, 7) is 4.91. The van der Waals surface area contributed by atoms with Crippen LogP contribution in [0.1, 0.15) is 46.0 Å². The van der Waals surface area contributed by atoms with Gasteiger partial charge in [0, 0.05) is 26.6 Å². The fourth-order valence-corrected chi connectivity index (χ4v) is 3.55. The van der Waals surface area contributed by atoms with Crippen LogP contribution in [-0.4, -0.2) is 77.4 Å². The van der Waals surface area contributed by atoms with Crippen LogP contribution in [0.2, 0.25) is 0 Å². The van der Waals surface area contributed by atoms with Crippen molar-refractivity contribution >= 4 is 17.8 Å². The summed E-state index contributed by atoms with van der Waals surface area (Å²) in [5.74, 6) is -3.03. The number of nitrogens with zero attached hydrogens (tertiary/aromatic N) is 3. The predicted molar refractivity (Wildman–Crippen MR) is 102 cm³/mol. The molecule has 0 aromatic heterocycles. The quantitative estimate of drug-likeness (QED) is 0.647. The van der Waals surface area contributed by atoms with E-state index in [1.165, 1.54) is 0 Å². The molecule has 176 valence electrons. The minimum atomic E-state index is -5.08. The molecular weight excluding hydrogens is 421 g/mol. The second-order valence-electron chi connectivity index (χ2n) is 8.18. The van der Waals surface area contributed by atoms with Gasteiger partial charge in [0.1, 0.15) is 12.3 Å². The number of hydrogen-bond donors (Lipinski definition) is 2. The first kappa shape index (κ1) is 26.6. The molecule has 2 heterocycles. The maximum Gasteiger partial charge on any atom is 0.490 e. The topological polar surface area (TPSA) is 137 Å². The molecule has 2 amide bonds. The second kappa shape index (κ2) is 10.8. The zero-order valence-electron chi connectivity index (χ0n) is 17.8. The maximum absolute atomic E-state index is 12.7. The van der Waals surface area contributed by atoms with Crippen molar-refractivity contribution in [1.29, 1.82) is 5.26 Å². The van der Waals surface area contributed by atoms with Gasteiger partial charge < -0.3 is 25.4 Å². The Hall–Kier alpha value is -2.39. The van der Waals surface area contributed by atoms with Gasteiger partial charge >= 0.3 is 12.1 Å². The lowest BCUT2D eigenvalue weighted by molar-refractivity contribution is -0.192. The molecule has 2 saturated heterocycles. The van der Waals surface area contributed by atoms with Crippen LogP contribution in [0.4, 0.5) is 13.2 Å². The number of carboxylic acids is 1. The normalized spacial score (nSPS) is 22.4. The van der Waals surface area contributed by atoms with Gasteiger partial charge in [0.25, 0.3) is 0 Å². The largest absolute Gasteiger partial charge is 0.490 e. The Morgan fingerprint density at radius 1 is 1.19 bits per heavy atom. The number of nitrogens with two attached hydrogens (primary N) is 1. The first-order valence-corrected chi connectivity index (χ1v) is 9.84. The monoisotopic (exact) mass is 450 g/mol. The summed E-state index contributed by atoms with van der Waals surface area (Å²) >= 11 is 0. The highest BCUT2D eigenvalue weighted by atomic mass is 19.4. The smallest absolute Gasteiger partial charge is 0.475 e. The van der Waals surface area contributed by atoms with E-state index >= 15 is 0 Å². The standard InChI is InChI=1S/C17H28N4O3.C2HF3O2/c1-17(2,10-13(22)21-9-5-7-14(21)24-3)15(19)16(23)20-8-4-6-12(20)11-18;3-2(4,5)1(6)7/h12,14-15H,4-10,19H2,1-3H3;(H,6,7)/t12-,14+,15+;/m0./s1. The van der Waals surface area contributed by atoms with Gasteiger partial charge in [-0.3, -0.25) is 9.59 Å². The third-order valence-electron chi connectivity index (χ3n) is 5.43. The summed E-state index contributed by atoms with van der Waals surface area (Å²) in [5.41, 5.74) is 5.52. The van der Waals surface area contributed by atoms with Crippen molar-refractivity contribution in [1.82, 2.24) is 9.80 Å². The van der Waals surface area contributed by atoms with Gasteiger partial charge in [-0.2, -0.15) is 18.4 Å². The van der Waals surface area contributed by atoms with E-state index in [0.29, 0.717) is 19.5 Å². The Morgan fingerprint density at radius 3 is 2.19 bits per heavy atom. The zero-order chi connectivity index (χ0) is 24.0. The number of ether oxygens (including phenoxy) is 1. The summed E-state index contributed by atoms with van der Waals surface area (Å²) in [7, 11) is 1.60. The lowest BCUT2D eigenvalue weighted by atomic mass is 9.80. The molecule has 0 unspecified atom stereocenters. The van der Waals surface area contributed by atoms with Crippen molar-refractivity contribution < 1.29 is 37.4 Å². The highest BCUT2D eigenvalue weighted by Gasteiger charge is 2.41. The van der Waals surface area contributed by atoms with E-state index in [0.717, 1.165) is 19.3 Å². The molecule has 2 aliphatic heterocycles. The predicted octanol–water partition coefficient (Wildman–Crippen LogP) is 1.47. The zero-order valence-corrected chi connectivity index (χ0v) is 17.8. The maximum atomic E-state index is 12.7. The van der Waals surface area contributed by atoms with Gasteiger partial charge in [-0.15, -0.1) is 0 Å². The van der Waals surface area contributed by atoms with E-state index in [2.05, 4.69) is 6.07 Å². The highest BCUT2D eigenvalue weighted by Crippen LogP contribution is 2.30. The number of amides is 2. The van der Waals surface area contributed by atoms with E-state index in [1.54, 1.807) is 16.9 Å². The lowest BCUT2D eigenvalue weighted by Gasteiger charge is -2.35. The highest BCUT2D eigenvalue weighted by molar-refractivity contribution is 5.85. The summed E-state index contributed by atoms with van der Waals surface area (Å²) in [5, 5.41) is 16.3. The molecule has 0 aromatic carbocycles.